The highest BCUT2D eigenvalue weighted by Crippen LogP contribution is 2.88. The Hall–Kier alpha value is -2.65. The summed E-state index contributed by atoms with van der Waals surface area (Å²) in [7, 11) is 0. The van der Waals surface area contributed by atoms with E-state index >= 15 is 0 Å². The lowest BCUT2D eigenvalue weighted by atomic mass is 9.73. The highest BCUT2D eigenvalue weighted by molar-refractivity contribution is 6.37. The maximum absolute atomic E-state index is 14.3. The highest BCUT2D eigenvalue weighted by atomic mass is 16.6. The maximum Gasteiger partial charge on any atom is 0.408 e. The van der Waals surface area contributed by atoms with E-state index in [0.717, 1.165) is 38.5 Å². The van der Waals surface area contributed by atoms with Gasteiger partial charge in [0.15, 0.2) is 0 Å². The molecule has 3 saturated carbocycles. The van der Waals surface area contributed by atoms with Crippen molar-refractivity contribution in [1.82, 2.24) is 15.5 Å². The molecule has 0 aromatic heterocycles. The quantitative estimate of drug-likeness (QED) is 0.378. The lowest BCUT2D eigenvalue weighted by molar-refractivity contribution is -0.143. The summed E-state index contributed by atoms with van der Waals surface area (Å²) in [4.78, 5) is 67.3. The van der Waals surface area contributed by atoms with E-state index in [9.17, 15) is 24.0 Å². The first kappa shape index (κ1) is 31.3. The van der Waals surface area contributed by atoms with Gasteiger partial charge in [-0.25, -0.2) is 4.79 Å². The van der Waals surface area contributed by atoms with Crippen LogP contribution in [0.4, 0.5) is 4.79 Å². The first-order valence-electron chi connectivity index (χ1n) is 15.2. The normalized spacial score (nSPS) is 27.8. The second-order valence-corrected chi connectivity index (χ2v) is 15.6. The molecule has 1 aliphatic heterocycles. The number of nitrogens with two attached hydrogens (primary N) is 1. The third kappa shape index (κ3) is 5.36. The van der Waals surface area contributed by atoms with Gasteiger partial charge in [-0.3, -0.25) is 19.2 Å². The minimum atomic E-state index is -1.07. The number of amides is 4. The van der Waals surface area contributed by atoms with E-state index in [1.807, 2.05) is 20.8 Å². The molecule has 0 radical (unpaired) electrons. The van der Waals surface area contributed by atoms with Crippen LogP contribution >= 0.6 is 0 Å². The van der Waals surface area contributed by atoms with Crippen molar-refractivity contribution < 1.29 is 28.7 Å². The predicted molar refractivity (Wildman–Crippen MR) is 153 cm³/mol. The van der Waals surface area contributed by atoms with Crippen LogP contribution in [0.1, 0.15) is 107 Å². The summed E-state index contributed by atoms with van der Waals surface area (Å²) in [6.07, 6.45) is 6.30. The van der Waals surface area contributed by atoms with Crippen molar-refractivity contribution >= 4 is 29.6 Å². The van der Waals surface area contributed by atoms with Crippen LogP contribution in [0.25, 0.3) is 0 Å². The van der Waals surface area contributed by atoms with Crippen LogP contribution in [0, 0.1) is 27.6 Å². The zero-order chi connectivity index (χ0) is 30.8. The zero-order valence-corrected chi connectivity index (χ0v) is 26.1. The molecule has 1 heterocycles. The van der Waals surface area contributed by atoms with Crippen molar-refractivity contribution in [2.45, 2.75) is 130 Å². The number of primary amides is 1. The maximum atomic E-state index is 14.3. The summed E-state index contributed by atoms with van der Waals surface area (Å²) in [5, 5.41) is 5.62. The van der Waals surface area contributed by atoms with Crippen LogP contribution in [-0.2, 0) is 23.9 Å². The topological polar surface area (TPSA) is 148 Å². The number of hydrogen-bond acceptors (Lipinski definition) is 6. The van der Waals surface area contributed by atoms with Gasteiger partial charge in [-0.05, 0) is 68.6 Å². The van der Waals surface area contributed by atoms with Crippen molar-refractivity contribution in [2.75, 3.05) is 6.54 Å². The molecule has 10 nitrogen and oxygen atoms in total. The number of likely N-dealkylation sites (tertiary alicyclic amines) is 1. The molecule has 10 heteroatoms. The van der Waals surface area contributed by atoms with Crippen molar-refractivity contribution in [3.8, 4) is 0 Å². The number of carbonyl (C=O) groups excluding carboxylic acids is 5. The van der Waals surface area contributed by atoms with E-state index in [-0.39, 0.29) is 28.1 Å². The summed E-state index contributed by atoms with van der Waals surface area (Å²) in [6.45, 7) is 15.7. The summed E-state index contributed by atoms with van der Waals surface area (Å²) >= 11 is 0. The van der Waals surface area contributed by atoms with Gasteiger partial charge < -0.3 is 26.0 Å². The molecule has 4 fully saturated rings. The van der Waals surface area contributed by atoms with Gasteiger partial charge in [0.05, 0.1) is 6.04 Å². The minimum absolute atomic E-state index is 0.0595. The fourth-order valence-corrected chi connectivity index (χ4v) is 8.04. The first-order valence-corrected chi connectivity index (χ1v) is 15.2. The average molecular weight is 575 g/mol. The Bertz CT molecular complexity index is 1110. The SMILES string of the molecule is CC(C)(C)OC(=O)N[C@H](C(=O)N1C[C@]2(C[C@H]1C(=O)NC(CC1CCC1)C(=O)C(N)=O)C(C)(C)C21CCC1)C(C)(C)C. The molecule has 2 spiro atoms. The van der Waals surface area contributed by atoms with Crippen molar-refractivity contribution in [2.24, 2.45) is 33.3 Å². The first-order chi connectivity index (χ1) is 18.8. The number of ketones is 1. The van der Waals surface area contributed by atoms with E-state index in [1.165, 1.54) is 0 Å². The van der Waals surface area contributed by atoms with Crippen molar-refractivity contribution in [3.05, 3.63) is 0 Å². The van der Waals surface area contributed by atoms with E-state index < -0.39 is 52.8 Å². The third-order valence-corrected chi connectivity index (χ3v) is 10.8. The number of carbonyl (C=O) groups is 5. The second-order valence-electron chi connectivity index (χ2n) is 15.6. The smallest absolute Gasteiger partial charge is 0.408 e. The Morgan fingerprint density at radius 3 is 1.98 bits per heavy atom. The van der Waals surface area contributed by atoms with Gasteiger partial charge >= 0.3 is 6.09 Å². The number of alkyl carbamates (subject to hydrolysis) is 1. The van der Waals surface area contributed by atoms with Crippen LogP contribution in [-0.4, -0.2) is 64.8 Å². The van der Waals surface area contributed by atoms with Crippen molar-refractivity contribution in [1.29, 1.82) is 0 Å². The zero-order valence-electron chi connectivity index (χ0n) is 26.1. The van der Waals surface area contributed by atoms with E-state index in [2.05, 4.69) is 24.5 Å². The van der Waals surface area contributed by atoms with Gasteiger partial charge in [-0.15, -0.1) is 0 Å². The lowest BCUT2D eigenvalue weighted by Gasteiger charge is -2.36. The Labute approximate surface area is 244 Å². The lowest BCUT2D eigenvalue weighted by Crippen LogP contribution is -2.59. The number of fused-ring (bicyclic) bond motifs is 1. The molecule has 4 rings (SSSR count). The van der Waals surface area contributed by atoms with Crippen LogP contribution in [0.2, 0.25) is 0 Å². The molecular formula is C31H50N4O6. The predicted octanol–water partition coefficient (Wildman–Crippen LogP) is 3.45. The molecule has 1 unspecified atom stereocenters. The number of nitrogens with zero attached hydrogens (tertiary/aromatic N) is 1. The molecular weight excluding hydrogens is 524 g/mol. The standard InChI is InChI=1S/C31H50N4O6/c1-27(2,3)22(34-26(40)41-28(4,5)6)25(39)35-17-31(29(7,8)30(31)13-10-14-30)16-20(35)24(38)33-19(21(36)23(32)37)15-18-11-9-12-18/h18-20,22H,9-17H2,1-8H3,(H2,32,37)(H,33,38)(H,34,40)/t19?,20-,22+,31+/m0/s1. The fraction of sp³-hybridized carbons (Fsp3) is 0.839. The van der Waals surface area contributed by atoms with Crippen LogP contribution in [0.3, 0.4) is 0 Å². The largest absolute Gasteiger partial charge is 0.444 e. The monoisotopic (exact) mass is 574 g/mol. The molecule has 4 atom stereocenters. The highest BCUT2D eigenvalue weighted by Gasteiger charge is 2.85. The molecule has 4 N–H and O–H groups in total. The molecule has 0 aromatic carbocycles. The summed E-state index contributed by atoms with van der Waals surface area (Å²) in [5.41, 5.74) is 3.70. The molecule has 3 aliphatic carbocycles. The Kier molecular flexibility index (Phi) is 7.83. The molecule has 0 aromatic rings. The summed E-state index contributed by atoms with van der Waals surface area (Å²) in [6, 6.07) is -2.79. The third-order valence-electron chi connectivity index (χ3n) is 10.8. The Morgan fingerprint density at radius 2 is 1.56 bits per heavy atom. The van der Waals surface area contributed by atoms with Crippen molar-refractivity contribution in [3.63, 3.8) is 0 Å². The van der Waals surface area contributed by atoms with Gasteiger partial charge in [0, 0.05) is 12.0 Å². The Balaban J connectivity index is 1.63. The van der Waals surface area contributed by atoms with Gasteiger partial charge in [0.25, 0.3) is 5.91 Å². The number of nitrogens with one attached hydrogen (secondary N) is 2. The Morgan fingerprint density at radius 1 is 0.951 bits per heavy atom. The van der Waals surface area contributed by atoms with E-state index in [4.69, 9.17) is 10.5 Å². The minimum Gasteiger partial charge on any atom is -0.444 e. The summed E-state index contributed by atoms with van der Waals surface area (Å²) < 4.78 is 5.47. The molecule has 1 saturated heterocycles. The van der Waals surface area contributed by atoms with Crippen LogP contribution < -0.4 is 16.4 Å². The van der Waals surface area contributed by atoms with Crippen LogP contribution in [0.5, 0.6) is 0 Å². The average Bonchev–Trinajstić information content (AvgIpc) is 3.01. The molecule has 41 heavy (non-hydrogen) atoms. The van der Waals surface area contributed by atoms with Gasteiger partial charge in [-0.1, -0.05) is 60.3 Å². The number of rotatable bonds is 8. The molecule has 230 valence electrons. The van der Waals surface area contributed by atoms with Gasteiger partial charge in [-0.2, -0.15) is 0 Å². The van der Waals surface area contributed by atoms with Gasteiger partial charge in [0.1, 0.15) is 17.7 Å². The molecule has 4 amide bonds. The molecule has 0 bridgehead atoms. The number of hydrogen-bond donors (Lipinski definition) is 3. The molecule has 4 aliphatic rings. The number of ether oxygens (including phenoxy) is 1. The number of Topliss-reactive ketones (excluding diaryl/α,β-unsaturated/α-hetero) is 1. The van der Waals surface area contributed by atoms with E-state index in [0.29, 0.717) is 19.4 Å². The summed E-state index contributed by atoms with van der Waals surface area (Å²) in [5.74, 6) is -2.43. The van der Waals surface area contributed by atoms with Crippen LogP contribution in [0.15, 0.2) is 0 Å². The fourth-order valence-electron chi connectivity index (χ4n) is 8.04. The van der Waals surface area contributed by atoms with Gasteiger partial charge in [0.2, 0.25) is 17.6 Å². The van der Waals surface area contributed by atoms with E-state index in [1.54, 1.807) is 25.7 Å². The second kappa shape index (κ2) is 10.3.